The van der Waals surface area contributed by atoms with Crippen LogP contribution in [0, 0.1) is 0 Å². The predicted molar refractivity (Wildman–Crippen MR) is 150 cm³/mol. The number of carbonyl (C=O) groups is 1. The first-order valence-electron chi connectivity index (χ1n) is 12.5. The molecule has 2 aliphatic rings. The van der Waals surface area contributed by atoms with Gasteiger partial charge in [-0.2, -0.15) is 0 Å². The Morgan fingerprint density at radius 2 is 1.37 bits per heavy atom. The van der Waals surface area contributed by atoms with E-state index in [1.807, 2.05) is 54.6 Å². The summed E-state index contributed by atoms with van der Waals surface area (Å²) in [5.74, 6) is -0.887. The van der Waals surface area contributed by atoms with Crippen LogP contribution < -0.4 is 9.80 Å². The molecule has 2 heterocycles. The second-order valence-electron chi connectivity index (χ2n) is 9.55. The molecule has 0 unspecified atom stereocenters. The quantitative estimate of drug-likeness (QED) is 0.382. The second-order valence-corrected chi connectivity index (χ2v) is 11.5. The molecule has 7 nitrogen and oxygen atoms in total. The molecule has 1 fully saturated rings. The SMILES string of the molecule is CN1C(C(=O)c2ccc3ccccc3c2)=C(O)c2ccc(N3CCN(c4ccccc4)CC3)cc2S1(=O)=O. The predicted octanol–water partition coefficient (Wildman–Crippen LogP) is 4.91. The van der Waals surface area contributed by atoms with Gasteiger partial charge in [0.05, 0.1) is 0 Å². The lowest BCUT2D eigenvalue weighted by Crippen LogP contribution is -2.46. The van der Waals surface area contributed by atoms with Crippen molar-refractivity contribution in [2.45, 2.75) is 4.90 Å². The molecular formula is C30H27N3O4S. The summed E-state index contributed by atoms with van der Waals surface area (Å²) in [6, 6.07) is 28.0. The molecular weight excluding hydrogens is 498 g/mol. The summed E-state index contributed by atoms with van der Waals surface area (Å²) in [4.78, 5) is 17.9. The molecule has 1 saturated heterocycles. The Hall–Kier alpha value is -4.30. The highest BCUT2D eigenvalue weighted by molar-refractivity contribution is 7.89. The lowest BCUT2D eigenvalue weighted by Gasteiger charge is -2.38. The number of piperazine rings is 1. The van der Waals surface area contributed by atoms with Crippen molar-refractivity contribution < 1.29 is 18.3 Å². The first-order chi connectivity index (χ1) is 18.3. The molecule has 4 aromatic rings. The molecule has 0 aliphatic carbocycles. The number of likely N-dealkylation sites (N-methyl/N-ethyl adjacent to an activating group) is 1. The van der Waals surface area contributed by atoms with Crippen LogP contribution in [-0.2, 0) is 10.0 Å². The van der Waals surface area contributed by atoms with Crippen molar-refractivity contribution in [2.24, 2.45) is 0 Å². The van der Waals surface area contributed by atoms with Crippen LogP contribution in [0.1, 0.15) is 15.9 Å². The number of aliphatic hydroxyl groups excluding tert-OH is 1. The first-order valence-corrected chi connectivity index (χ1v) is 13.9. The molecule has 0 atom stereocenters. The van der Waals surface area contributed by atoms with E-state index < -0.39 is 15.8 Å². The monoisotopic (exact) mass is 525 g/mol. The molecule has 0 saturated carbocycles. The Labute approximate surface area is 221 Å². The van der Waals surface area contributed by atoms with Gasteiger partial charge >= 0.3 is 0 Å². The number of benzene rings is 4. The summed E-state index contributed by atoms with van der Waals surface area (Å²) >= 11 is 0. The summed E-state index contributed by atoms with van der Waals surface area (Å²) < 4.78 is 28.1. The number of hydrogen-bond donors (Lipinski definition) is 1. The lowest BCUT2D eigenvalue weighted by atomic mass is 10.0. The van der Waals surface area contributed by atoms with Crippen molar-refractivity contribution in [3.63, 3.8) is 0 Å². The van der Waals surface area contributed by atoms with Crippen LogP contribution in [-0.4, -0.2) is 56.8 Å². The number of para-hydroxylation sites is 1. The van der Waals surface area contributed by atoms with Crippen LogP contribution in [0.5, 0.6) is 0 Å². The number of anilines is 2. The van der Waals surface area contributed by atoms with Gasteiger partial charge in [0, 0.05) is 55.7 Å². The second kappa shape index (κ2) is 9.22. The smallest absolute Gasteiger partial charge is 0.265 e. The van der Waals surface area contributed by atoms with Gasteiger partial charge in [-0.05, 0) is 47.2 Å². The lowest BCUT2D eigenvalue weighted by molar-refractivity contribution is 0.101. The highest BCUT2D eigenvalue weighted by atomic mass is 32.2. The van der Waals surface area contributed by atoms with Gasteiger partial charge < -0.3 is 14.9 Å². The van der Waals surface area contributed by atoms with Crippen LogP contribution in [0.15, 0.2) is 102 Å². The third-order valence-electron chi connectivity index (χ3n) is 7.39. The number of hydrogen-bond acceptors (Lipinski definition) is 6. The molecule has 0 aromatic heterocycles. The molecule has 0 radical (unpaired) electrons. The number of allylic oxidation sites excluding steroid dienone is 1. The van der Waals surface area contributed by atoms with Gasteiger partial charge in [-0.25, -0.2) is 8.42 Å². The minimum atomic E-state index is -4.06. The molecule has 0 bridgehead atoms. The molecule has 192 valence electrons. The van der Waals surface area contributed by atoms with E-state index in [0.29, 0.717) is 5.56 Å². The number of carbonyl (C=O) groups excluding carboxylic acids is 1. The maximum atomic E-state index is 13.6. The van der Waals surface area contributed by atoms with Gasteiger partial charge in [0.15, 0.2) is 5.76 Å². The first kappa shape index (κ1) is 24.1. The fraction of sp³-hybridized carbons (Fsp3) is 0.167. The maximum absolute atomic E-state index is 13.6. The van der Waals surface area contributed by atoms with Crippen LogP contribution >= 0.6 is 0 Å². The van der Waals surface area contributed by atoms with Crippen molar-refractivity contribution in [3.8, 4) is 0 Å². The van der Waals surface area contributed by atoms with Gasteiger partial charge in [-0.3, -0.25) is 9.10 Å². The van der Waals surface area contributed by atoms with Crippen LogP contribution in [0.4, 0.5) is 11.4 Å². The fourth-order valence-electron chi connectivity index (χ4n) is 5.24. The molecule has 6 rings (SSSR count). The minimum absolute atomic E-state index is 0.00412. The third-order valence-corrected chi connectivity index (χ3v) is 9.19. The Morgan fingerprint density at radius 1 is 0.737 bits per heavy atom. The Kier molecular flexibility index (Phi) is 5.84. The molecule has 1 N–H and O–H groups in total. The molecule has 8 heteroatoms. The summed E-state index contributed by atoms with van der Waals surface area (Å²) in [5.41, 5.74) is 2.13. The molecule has 4 aromatic carbocycles. The number of Topliss-reactive ketones (excluding diaryl/α,β-unsaturated/α-hetero) is 1. The van der Waals surface area contributed by atoms with Crippen molar-refractivity contribution in [1.29, 1.82) is 0 Å². The van der Waals surface area contributed by atoms with E-state index in [9.17, 15) is 18.3 Å². The average Bonchev–Trinajstić information content (AvgIpc) is 2.96. The highest BCUT2D eigenvalue weighted by Crippen LogP contribution is 2.38. The van der Waals surface area contributed by atoms with Crippen molar-refractivity contribution >= 4 is 43.7 Å². The van der Waals surface area contributed by atoms with E-state index in [0.717, 1.165) is 46.9 Å². The van der Waals surface area contributed by atoms with Gasteiger partial charge in [0.25, 0.3) is 10.0 Å². The van der Waals surface area contributed by atoms with Crippen molar-refractivity contribution in [3.05, 3.63) is 108 Å². The topological polar surface area (TPSA) is 81.2 Å². The van der Waals surface area contributed by atoms with E-state index in [4.69, 9.17) is 0 Å². The summed E-state index contributed by atoms with van der Waals surface area (Å²) in [7, 11) is -2.74. The molecule has 2 aliphatic heterocycles. The third kappa shape index (κ3) is 3.97. The zero-order chi connectivity index (χ0) is 26.4. The number of rotatable bonds is 4. The summed E-state index contributed by atoms with van der Waals surface area (Å²) in [6.07, 6.45) is 0. The average molecular weight is 526 g/mol. The minimum Gasteiger partial charge on any atom is -0.505 e. The van der Waals surface area contributed by atoms with Gasteiger partial charge in [0.1, 0.15) is 10.6 Å². The van der Waals surface area contributed by atoms with Gasteiger partial charge in [-0.15, -0.1) is 0 Å². The Bertz CT molecular complexity index is 1690. The largest absolute Gasteiger partial charge is 0.505 e. The van der Waals surface area contributed by atoms with E-state index in [1.165, 1.54) is 12.7 Å². The van der Waals surface area contributed by atoms with E-state index >= 15 is 0 Å². The Morgan fingerprint density at radius 3 is 2.08 bits per heavy atom. The van der Waals surface area contributed by atoms with E-state index in [-0.39, 0.29) is 21.9 Å². The number of aliphatic hydroxyl groups is 1. The summed E-state index contributed by atoms with van der Waals surface area (Å²) in [5, 5.41) is 13.0. The zero-order valence-corrected chi connectivity index (χ0v) is 21.7. The summed E-state index contributed by atoms with van der Waals surface area (Å²) in [6.45, 7) is 3.08. The van der Waals surface area contributed by atoms with Crippen molar-refractivity contribution in [1.82, 2.24) is 4.31 Å². The number of nitrogens with zero attached hydrogens (tertiary/aromatic N) is 3. The number of fused-ring (bicyclic) bond motifs is 2. The highest BCUT2D eigenvalue weighted by Gasteiger charge is 2.38. The molecule has 0 spiro atoms. The van der Waals surface area contributed by atoms with Crippen LogP contribution in [0.25, 0.3) is 16.5 Å². The number of ketones is 1. The standard InChI is InChI=1S/C30H27N3O4S/c1-31-28(29(34)23-12-11-21-7-5-6-8-22(21)19-23)30(35)26-14-13-25(20-27(26)38(31,36)37)33-17-15-32(16-18-33)24-9-3-2-4-10-24/h2-14,19-20,35H,15-18H2,1H3. The fourth-order valence-corrected chi connectivity index (χ4v) is 6.66. The van der Waals surface area contributed by atoms with Crippen LogP contribution in [0.3, 0.4) is 0 Å². The van der Waals surface area contributed by atoms with Gasteiger partial charge in [0.2, 0.25) is 5.78 Å². The number of sulfonamides is 1. The van der Waals surface area contributed by atoms with Crippen molar-refractivity contribution in [2.75, 3.05) is 43.0 Å². The Balaban J connectivity index is 1.32. The van der Waals surface area contributed by atoms with E-state index in [1.54, 1.807) is 24.3 Å². The molecule has 0 amide bonds. The van der Waals surface area contributed by atoms with E-state index in [2.05, 4.69) is 21.9 Å². The van der Waals surface area contributed by atoms with Gasteiger partial charge in [-0.1, -0.05) is 54.6 Å². The maximum Gasteiger partial charge on any atom is 0.265 e. The normalized spacial score (nSPS) is 17.0. The molecule has 38 heavy (non-hydrogen) atoms. The zero-order valence-electron chi connectivity index (χ0n) is 20.9. The van der Waals surface area contributed by atoms with Crippen LogP contribution in [0.2, 0.25) is 0 Å².